The van der Waals surface area contributed by atoms with Crippen molar-refractivity contribution >= 4 is 43.9 Å². The molecule has 1 aromatic carbocycles. The van der Waals surface area contributed by atoms with Gasteiger partial charge in [-0.25, -0.2) is 15.0 Å². The molecule has 0 fully saturated rings. The van der Waals surface area contributed by atoms with Crippen LogP contribution in [0.15, 0.2) is 126 Å². The van der Waals surface area contributed by atoms with E-state index in [0.29, 0.717) is 27.3 Å². The number of nitrogens with one attached hydrogen (secondary N) is 1. The Hall–Kier alpha value is -5.41. The number of unbranched alkanes of at least 4 members (excludes halogenated alkanes) is 1. The molecule has 0 spiro atoms. The van der Waals surface area contributed by atoms with Gasteiger partial charge in [-0.15, -0.1) is 24.5 Å². The van der Waals surface area contributed by atoms with E-state index in [2.05, 4.69) is 90.7 Å². The van der Waals surface area contributed by atoms with Crippen molar-refractivity contribution in [1.82, 2.24) is 19.5 Å². The average molecular weight is 605 g/mol. The second-order valence-electron chi connectivity index (χ2n) is 7.79. The van der Waals surface area contributed by atoms with Crippen molar-refractivity contribution in [3.05, 3.63) is 121 Å². The molecule has 4 aromatic rings. The highest BCUT2D eigenvalue weighted by Gasteiger charge is 2.22. The number of rotatable bonds is 6. The molecule has 0 saturated carbocycles. The van der Waals surface area contributed by atoms with Gasteiger partial charge >= 0.3 is 0 Å². The molecule has 0 amide bonds. The number of benzene rings is 1. The van der Waals surface area contributed by atoms with E-state index in [0.717, 1.165) is 34.3 Å². The minimum atomic E-state index is -1.13. The Kier molecular flexibility index (Phi) is 17.0. The van der Waals surface area contributed by atoms with Crippen LogP contribution < -0.4 is 5.73 Å². The molecular formula is C34H32N6OS2. The van der Waals surface area contributed by atoms with Gasteiger partial charge in [0.25, 0.3) is 0 Å². The summed E-state index contributed by atoms with van der Waals surface area (Å²) in [4.78, 5) is 14.6. The molecule has 0 aliphatic carbocycles. The van der Waals surface area contributed by atoms with Gasteiger partial charge in [-0.1, -0.05) is 60.9 Å². The molecule has 0 aliphatic heterocycles. The summed E-state index contributed by atoms with van der Waals surface area (Å²) in [6.07, 6.45) is 5.48. The SMILES string of the molecule is C=C.C=C=C=C=C.C=C=C=C=C=C=C=N.CCCCS(=O)c1sc2nc(-c3nccn3C)nc(-c3ccccc3)c2c1N. The highest BCUT2D eigenvalue weighted by molar-refractivity contribution is 7.87. The zero-order valence-corrected chi connectivity index (χ0v) is 25.9. The number of hydrogen-bond donors (Lipinski definition) is 2. The van der Waals surface area contributed by atoms with Crippen LogP contribution in [0.25, 0.3) is 33.1 Å². The summed E-state index contributed by atoms with van der Waals surface area (Å²) in [5.74, 6) is 3.68. The summed E-state index contributed by atoms with van der Waals surface area (Å²) < 4.78 is 15.4. The Balaban J connectivity index is 0.000000515. The molecule has 0 bridgehead atoms. The Labute approximate surface area is 259 Å². The average Bonchev–Trinajstić information content (AvgIpc) is 3.62. The van der Waals surface area contributed by atoms with E-state index in [4.69, 9.17) is 21.1 Å². The molecule has 0 radical (unpaired) electrons. The maximum absolute atomic E-state index is 12.8. The summed E-state index contributed by atoms with van der Waals surface area (Å²) in [5, 5.41) is 7.08. The number of nitrogens with zero attached hydrogens (tertiary/aromatic N) is 4. The highest BCUT2D eigenvalue weighted by Crippen LogP contribution is 2.41. The number of nitrogen functional groups attached to an aromatic ring is 1. The number of hydrogen-bond acceptors (Lipinski definition) is 7. The van der Waals surface area contributed by atoms with E-state index < -0.39 is 10.8 Å². The lowest BCUT2D eigenvalue weighted by molar-refractivity contribution is 0.681. The standard InChI is InChI=1S/C20H21N5OS2.C7H3N.C5H4.C2H4/c1-3-4-12-28(26)20-15(21)14-16(13-8-6-5-7-9-13)23-17(24-19(14)27-20)18-22-10-11-25(18)2;1-2-3-4-5-6-7-8;1-3-5-4-2;1-2/h5-11H,3-4,12,21H2,1-2H3;8H,1H2;1-2H2;1-2H2. The van der Waals surface area contributed by atoms with Gasteiger partial charge in [0.2, 0.25) is 0 Å². The van der Waals surface area contributed by atoms with Crippen molar-refractivity contribution in [3.63, 3.8) is 0 Å². The Morgan fingerprint density at radius 3 is 2.19 bits per heavy atom. The molecule has 1 unspecified atom stereocenters. The Bertz CT molecular complexity index is 1840. The first kappa shape index (κ1) is 35.6. The lowest BCUT2D eigenvalue weighted by Gasteiger charge is -2.07. The lowest BCUT2D eigenvalue weighted by atomic mass is 10.1. The topological polar surface area (TPSA) is 111 Å². The van der Waals surface area contributed by atoms with Crippen LogP contribution in [0.2, 0.25) is 0 Å². The van der Waals surface area contributed by atoms with Crippen LogP contribution in [0.5, 0.6) is 0 Å². The molecule has 1 atom stereocenters. The minimum absolute atomic E-state index is 0.527. The third-order valence-corrected chi connectivity index (χ3v) is 8.02. The van der Waals surface area contributed by atoms with Crippen LogP contribution in [-0.4, -0.2) is 35.4 Å². The van der Waals surface area contributed by atoms with Crippen molar-refractivity contribution in [2.45, 2.75) is 24.0 Å². The van der Waals surface area contributed by atoms with Gasteiger partial charge in [0.15, 0.2) is 11.6 Å². The van der Waals surface area contributed by atoms with E-state index >= 15 is 0 Å². The molecular weight excluding hydrogens is 573 g/mol. The van der Waals surface area contributed by atoms with Crippen molar-refractivity contribution in [2.75, 3.05) is 11.5 Å². The first-order chi connectivity index (χ1) is 20.9. The van der Waals surface area contributed by atoms with Crippen LogP contribution in [0, 0.1) is 5.41 Å². The first-order valence-electron chi connectivity index (χ1n) is 12.7. The number of nitrogens with two attached hydrogens (primary N) is 1. The van der Waals surface area contributed by atoms with E-state index in [9.17, 15) is 4.21 Å². The van der Waals surface area contributed by atoms with Crippen LogP contribution in [-0.2, 0) is 17.8 Å². The van der Waals surface area contributed by atoms with E-state index in [1.54, 1.807) is 6.20 Å². The molecule has 3 aromatic heterocycles. The lowest BCUT2D eigenvalue weighted by Crippen LogP contribution is -2.01. The Morgan fingerprint density at radius 2 is 1.65 bits per heavy atom. The maximum Gasteiger partial charge on any atom is 0.197 e. The molecule has 7 nitrogen and oxygen atoms in total. The quantitative estimate of drug-likeness (QED) is 0.134. The van der Waals surface area contributed by atoms with E-state index in [-0.39, 0.29) is 0 Å². The van der Waals surface area contributed by atoms with Gasteiger partial charge in [-0.05, 0) is 43.4 Å². The zero-order chi connectivity index (χ0) is 32.0. The molecule has 3 N–H and O–H groups in total. The number of aryl methyl sites for hydroxylation is 1. The Morgan fingerprint density at radius 1 is 1.00 bits per heavy atom. The molecule has 216 valence electrons. The molecule has 9 heteroatoms. The molecule has 4 rings (SSSR count). The van der Waals surface area contributed by atoms with Crippen LogP contribution in [0.1, 0.15) is 19.8 Å². The summed E-state index contributed by atoms with van der Waals surface area (Å²) in [5.41, 5.74) is 27.4. The number of aromatic nitrogens is 4. The maximum atomic E-state index is 12.8. The molecule has 43 heavy (non-hydrogen) atoms. The van der Waals surface area contributed by atoms with E-state index in [1.165, 1.54) is 11.3 Å². The van der Waals surface area contributed by atoms with Gasteiger partial charge in [0.05, 0.1) is 27.6 Å². The summed E-state index contributed by atoms with van der Waals surface area (Å²) >= 11 is 1.40. The van der Waals surface area contributed by atoms with Crippen molar-refractivity contribution in [2.24, 2.45) is 7.05 Å². The van der Waals surface area contributed by atoms with Gasteiger partial charge in [0, 0.05) is 48.1 Å². The summed E-state index contributed by atoms with van der Waals surface area (Å²) in [7, 11) is 0.774. The number of fused-ring (bicyclic) bond motifs is 1. The predicted molar refractivity (Wildman–Crippen MR) is 180 cm³/mol. The van der Waals surface area contributed by atoms with Crippen molar-refractivity contribution < 1.29 is 4.21 Å². The second kappa shape index (κ2) is 20.5. The van der Waals surface area contributed by atoms with Crippen LogP contribution >= 0.6 is 11.3 Å². The number of anilines is 1. The molecule has 0 aliphatic rings. The largest absolute Gasteiger partial charge is 0.396 e. The fourth-order valence-corrected chi connectivity index (χ4v) is 6.00. The smallest absolute Gasteiger partial charge is 0.197 e. The van der Waals surface area contributed by atoms with Gasteiger partial charge in [0.1, 0.15) is 9.04 Å². The third-order valence-electron chi connectivity index (χ3n) is 5.03. The second-order valence-corrected chi connectivity index (χ2v) is 10.6. The fraction of sp³-hybridized carbons (Fsp3) is 0.147. The normalized spacial score (nSPS) is 9.26. The summed E-state index contributed by atoms with van der Waals surface area (Å²) in [6.45, 7) is 17.7. The van der Waals surface area contributed by atoms with E-state index in [1.807, 2.05) is 54.0 Å². The van der Waals surface area contributed by atoms with Crippen molar-refractivity contribution in [3.8, 4) is 22.9 Å². The summed E-state index contributed by atoms with van der Waals surface area (Å²) in [6, 6.07) is 9.88. The fourth-order valence-electron chi connectivity index (χ4n) is 3.23. The minimum Gasteiger partial charge on any atom is -0.396 e. The molecule has 3 heterocycles. The van der Waals surface area contributed by atoms with Crippen LogP contribution in [0.3, 0.4) is 0 Å². The highest BCUT2D eigenvalue weighted by atomic mass is 32.2. The monoisotopic (exact) mass is 604 g/mol. The number of thiophene rings is 1. The van der Waals surface area contributed by atoms with Gasteiger partial charge in [-0.2, -0.15) is 0 Å². The number of imidazole rings is 1. The zero-order valence-electron chi connectivity index (χ0n) is 24.3. The third kappa shape index (κ3) is 10.8. The molecule has 0 saturated heterocycles. The van der Waals surface area contributed by atoms with Crippen LogP contribution in [0.4, 0.5) is 5.69 Å². The predicted octanol–water partition coefficient (Wildman–Crippen LogP) is 7.51. The van der Waals surface area contributed by atoms with Gasteiger partial charge in [-0.3, -0.25) is 9.62 Å². The first-order valence-corrected chi connectivity index (χ1v) is 14.8. The van der Waals surface area contributed by atoms with Crippen molar-refractivity contribution in [1.29, 1.82) is 5.41 Å². The van der Waals surface area contributed by atoms with Gasteiger partial charge < -0.3 is 10.3 Å².